The van der Waals surface area contributed by atoms with Gasteiger partial charge in [-0.15, -0.1) is 0 Å². The van der Waals surface area contributed by atoms with Crippen LogP contribution in [0.4, 0.5) is 0 Å². The van der Waals surface area contributed by atoms with E-state index >= 15 is 0 Å². The fraction of sp³-hybridized carbons (Fsp3) is 1.00. The lowest BCUT2D eigenvalue weighted by atomic mass is 10.0. The quantitative estimate of drug-likeness (QED) is 0.588. The van der Waals surface area contributed by atoms with Crippen molar-refractivity contribution in [1.29, 1.82) is 0 Å². The molecule has 0 amide bonds. The van der Waals surface area contributed by atoms with Crippen molar-refractivity contribution in [2.24, 2.45) is 0 Å². The van der Waals surface area contributed by atoms with Gasteiger partial charge in [0.25, 0.3) is 0 Å². The van der Waals surface area contributed by atoms with E-state index in [4.69, 9.17) is 14.2 Å². The summed E-state index contributed by atoms with van der Waals surface area (Å²) in [7, 11) is 6.86. The van der Waals surface area contributed by atoms with E-state index < -0.39 is 0 Å². The van der Waals surface area contributed by atoms with Crippen LogP contribution in [0.3, 0.4) is 0 Å². The minimum Gasteiger partial charge on any atom is -0.383 e. The van der Waals surface area contributed by atoms with Gasteiger partial charge in [-0.2, -0.15) is 0 Å². The molecular weight excluding hydrogens is 158 g/mol. The van der Waals surface area contributed by atoms with Gasteiger partial charge in [0, 0.05) is 21.3 Å². The van der Waals surface area contributed by atoms with Gasteiger partial charge in [0.1, 0.15) is 0 Å². The average molecular weight is 177 g/mol. The summed E-state index contributed by atoms with van der Waals surface area (Å²) in [4.78, 5) is 0. The Kier molecular flexibility index (Phi) is 6.28. The van der Waals surface area contributed by atoms with Gasteiger partial charge in [-0.3, -0.25) is 0 Å². The van der Waals surface area contributed by atoms with Crippen molar-refractivity contribution < 1.29 is 14.2 Å². The highest BCUT2D eigenvalue weighted by Crippen LogP contribution is 2.05. The third-order valence-electron chi connectivity index (χ3n) is 1.79. The molecule has 0 saturated carbocycles. The van der Waals surface area contributed by atoms with Gasteiger partial charge in [-0.1, -0.05) is 0 Å². The zero-order chi connectivity index (χ0) is 9.45. The zero-order valence-electron chi connectivity index (χ0n) is 8.35. The van der Waals surface area contributed by atoms with E-state index in [0.717, 1.165) is 0 Å². The molecule has 0 aromatic carbocycles. The van der Waals surface area contributed by atoms with Crippen molar-refractivity contribution in [2.75, 3.05) is 48.2 Å². The van der Waals surface area contributed by atoms with Crippen LogP contribution in [0.15, 0.2) is 0 Å². The van der Waals surface area contributed by atoms with Crippen LogP contribution >= 0.6 is 0 Å². The van der Waals surface area contributed by atoms with Crippen LogP contribution in [-0.4, -0.2) is 53.7 Å². The second-order valence-corrected chi connectivity index (χ2v) is 2.83. The van der Waals surface area contributed by atoms with E-state index in [9.17, 15) is 0 Å². The molecule has 0 rings (SSSR count). The minimum absolute atomic E-state index is 0.224. The number of ether oxygens (including phenoxy) is 3. The molecule has 0 aliphatic carbocycles. The Balaban J connectivity index is 4.06. The standard InChI is InChI=1S/C8H19NO3/c1-9-8(5-10-2,6-11-3)7-12-4/h9H,5-7H2,1-4H3. The van der Waals surface area contributed by atoms with Crippen LogP contribution in [0.2, 0.25) is 0 Å². The topological polar surface area (TPSA) is 39.7 Å². The second kappa shape index (κ2) is 6.37. The molecule has 0 fully saturated rings. The first-order valence-electron chi connectivity index (χ1n) is 3.90. The van der Waals surface area contributed by atoms with Gasteiger partial charge >= 0.3 is 0 Å². The number of likely N-dealkylation sites (N-methyl/N-ethyl adjacent to an activating group) is 1. The van der Waals surface area contributed by atoms with Crippen molar-refractivity contribution in [3.63, 3.8) is 0 Å². The van der Waals surface area contributed by atoms with Crippen LogP contribution in [0.25, 0.3) is 0 Å². The van der Waals surface area contributed by atoms with E-state index in [0.29, 0.717) is 19.8 Å². The molecule has 0 unspecified atom stereocenters. The van der Waals surface area contributed by atoms with Crippen LogP contribution < -0.4 is 5.32 Å². The van der Waals surface area contributed by atoms with Gasteiger partial charge in [-0.25, -0.2) is 0 Å². The molecule has 0 atom stereocenters. The highest BCUT2D eigenvalue weighted by Gasteiger charge is 2.28. The maximum atomic E-state index is 5.08. The van der Waals surface area contributed by atoms with E-state index in [1.165, 1.54) is 0 Å². The molecule has 0 heterocycles. The third-order valence-corrected chi connectivity index (χ3v) is 1.79. The van der Waals surface area contributed by atoms with Crippen molar-refractivity contribution >= 4 is 0 Å². The molecule has 74 valence electrons. The summed E-state index contributed by atoms with van der Waals surface area (Å²) in [5, 5.41) is 3.14. The lowest BCUT2D eigenvalue weighted by Crippen LogP contribution is -2.54. The molecule has 0 aliphatic heterocycles. The summed E-state index contributed by atoms with van der Waals surface area (Å²) in [5.74, 6) is 0. The van der Waals surface area contributed by atoms with Crippen LogP contribution in [0.5, 0.6) is 0 Å². The van der Waals surface area contributed by atoms with E-state index in [2.05, 4.69) is 5.32 Å². The van der Waals surface area contributed by atoms with Gasteiger partial charge < -0.3 is 19.5 Å². The smallest absolute Gasteiger partial charge is 0.0887 e. The molecule has 12 heavy (non-hydrogen) atoms. The molecule has 0 saturated heterocycles. The number of nitrogens with one attached hydrogen (secondary N) is 1. The Morgan fingerprint density at radius 3 is 1.42 bits per heavy atom. The molecule has 0 aliphatic rings. The Labute approximate surface area is 74.2 Å². The first kappa shape index (κ1) is 11.8. The molecule has 0 spiro atoms. The number of rotatable bonds is 7. The number of hydrogen-bond acceptors (Lipinski definition) is 4. The predicted octanol–water partition coefficient (Wildman–Crippen LogP) is -0.116. The molecule has 1 N–H and O–H groups in total. The van der Waals surface area contributed by atoms with Crippen molar-refractivity contribution in [3.05, 3.63) is 0 Å². The first-order chi connectivity index (χ1) is 5.74. The lowest BCUT2D eigenvalue weighted by Gasteiger charge is -2.31. The second-order valence-electron chi connectivity index (χ2n) is 2.83. The maximum Gasteiger partial charge on any atom is 0.0887 e. The third kappa shape index (κ3) is 3.49. The maximum absolute atomic E-state index is 5.08. The Hall–Kier alpha value is -0.160. The van der Waals surface area contributed by atoms with E-state index in [1.54, 1.807) is 21.3 Å². The Morgan fingerprint density at radius 2 is 1.25 bits per heavy atom. The van der Waals surface area contributed by atoms with E-state index in [1.807, 2.05) is 7.05 Å². The first-order valence-corrected chi connectivity index (χ1v) is 3.90. The zero-order valence-corrected chi connectivity index (χ0v) is 8.35. The SMILES string of the molecule is CNC(COC)(COC)COC. The normalized spacial score (nSPS) is 12.0. The predicted molar refractivity (Wildman–Crippen MR) is 47.4 cm³/mol. The highest BCUT2D eigenvalue weighted by molar-refractivity contribution is 4.86. The molecule has 0 radical (unpaired) electrons. The van der Waals surface area contributed by atoms with Gasteiger partial charge in [-0.05, 0) is 7.05 Å². The molecule has 4 nitrogen and oxygen atoms in total. The number of methoxy groups -OCH3 is 3. The average Bonchev–Trinajstić information content (AvgIpc) is 2.06. The minimum atomic E-state index is -0.224. The van der Waals surface area contributed by atoms with Crippen LogP contribution in [-0.2, 0) is 14.2 Å². The Morgan fingerprint density at radius 1 is 0.917 bits per heavy atom. The van der Waals surface area contributed by atoms with Crippen molar-refractivity contribution in [1.82, 2.24) is 5.32 Å². The van der Waals surface area contributed by atoms with Gasteiger partial charge in [0.2, 0.25) is 0 Å². The van der Waals surface area contributed by atoms with Crippen LogP contribution in [0, 0.1) is 0 Å². The molecule has 0 bridgehead atoms. The van der Waals surface area contributed by atoms with Crippen molar-refractivity contribution in [2.45, 2.75) is 5.54 Å². The molecule has 0 aromatic heterocycles. The van der Waals surface area contributed by atoms with E-state index in [-0.39, 0.29) is 5.54 Å². The van der Waals surface area contributed by atoms with Gasteiger partial charge in [0.15, 0.2) is 0 Å². The molecular formula is C8H19NO3. The summed E-state index contributed by atoms with van der Waals surface area (Å²) in [6.45, 7) is 1.72. The Bertz CT molecular complexity index is 91.5. The number of hydrogen-bond donors (Lipinski definition) is 1. The summed E-state index contributed by atoms with van der Waals surface area (Å²) in [5.41, 5.74) is -0.224. The van der Waals surface area contributed by atoms with Crippen molar-refractivity contribution in [3.8, 4) is 0 Å². The summed E-state index contributed by atoms with van der Waals surface area (Å²) >= 11 is 0. The van der Waals surface area contributed by atoms with Gasteiger partial charge in [0.05, 0.1) is 25.4 Å². The summed E-state index contributed by atoms with van der Waals surface area (Å²) in [6, 6.07) is 0. The fourth-order valence-corrected chi connectivity index (χ4v) is 1.17. The summed E-state index contributed by atoms with van der Waals surface area (Å²) in [6.07, 6.45) is 0. The largest absolute Gasteiger partial charge is 0.383 e. The molecule has 4 heteroatoms. The molecule has 0 aromatic rings. The highest BCUT2D eigenvalue weighted by atomic mass is 16.5. The summed E-state index contributed by atoms with van der Waals surface area (Å²) < 4.78 is 15.2. The fourth-order valence-electron chi connectivity index (χ4n) is 1.17. The monoisotopic (exact) mass is 177 g/mol. The lowest BCUT2D eigenvalue weighted by molar-refractivity contribution is -0.00145. The van der Waals surface area contributed by atoms with Crippen LogP contribution in [0.1, 0.15) is 0 Å².